The molecule has 0 saturated carbocycles. The van der Waals surface area contributed by atoms with E-state index in [9.17, 15) is 9.59 Å². The quantitative estimate of drug-likeness (QED) is 0.787. The first-order valence-electron chi connectivity index (χ1n) is 5.59. The van der Waals surface area contributed by atoms with Gasteiger partial charge in [0.25, 0.3) is 5.91 Å². The Morgan fingerprint density at radius 1 is 1.17 bits per heavy atom. The summed E-state index contributed by atoms with van der Waals surface area (Å²) in [5.41, 5.74) is 1.15. The van der Waals surface area contributed by atoms with E-state index in [-0.39, 0.29) is 17.3 Å². The normalized spacial score (nSPS) is 15.6. The highest BCUT2D eigenvalue weighted by atomic mass is 16.4. The number of rotatable bonds is 2. The Balaban J connectivity index is 2.09. The maximum atomic E-state index is 12.0. The highest BCUT2D eigenvalue weighted by Gasteiger charge is 2.21. The molecule has 0 spiro atoms. The van der Waals surface area contributed by atoms with E-state index in [0.717, 1.165) is 24.6 Å². The van der Waals surface area contributed by atoms with Crippen LogP contribution >= 0.6 is 0 Å². The van der Waals surface area contributed by atoms with Crippen molar-refractivity contribution in [3.8, 4) is 0 Å². The summed E-state index contributed by atoms with van der Waals surface area (Å²) in [6, 6.07) is 0. The zero-order valence-electron chi connectivity index (χ0n) is 9.80. The van der Waals surface area contributed by atoms with E-state index in [1.54, 1.807) is 4.90 Å². The predicted octanol–water partition coefficient (Wildman–Crippen LogP) is 0.967. The highest BCUT2D eigenvalue weighted by molar-refractivity contribution is 5.92. The van der Waals surface area contributed by atoms with E-state index in [2.05, 4.69) is 16.5 Å². The van der Waals surface area contributed by atoms with Crippen molar-refractivity contribution in [2.75, 3.05) is 13.1 Å². The molecular weight excluding hydrogens is 234 g/mol. The molecule has 1 amide bonds. The van der Waals surface area contributed by atoms with Crippen molar-refractivity contribution in [2.45, 2.75) is 12.8 Å². The molecule has 0 aromatic carbocycles. The average molecular weight is 247 g/mol. The fourth-order valence-corrected chi connectivity index (χ4v) is 1.74. The summed E-state index contributed by atoms with van der Waals surface area (Å²) in [4.78, 5) is 31.8. The predicted molar refractivity (Wildman–Crippen MR) is 63.3 cm³/mol. The number of carbonyl (C=O) groups is 2. The van der Waals surface area contributed by atoms with Crippen LogP contribution in [-0.2, 0) is 0 Å². The van der Waals surface area contributed by atoms with Gasteiger partial charge in [0.2, 0.25) is 0 Å². The van der Waals surface area contributed by atoms with Gasteiger partial charge < -0.3 is 10.0 Å². The molecule has 1 fully saturated rings. The topological polar surface area (TPSA) is 83.4 Å². The van der Waals surface area contributed by atoms with Crippen LogP contribution in [0.25, 0.3) is 0 Å². The maximum Gasteiger partial charge on any atom is 0.356 e. The zero-order chi connectivity index (χ0) is 13.1. The Labute approximate surface area is 104 Å². The summed E-state index contributed by atoms with van der Waals surface area (Å²) in [5.74, 6) is -1.37. The number of hydrogen-bond donors (Lipinski definition) is 1. The number of carboxylic acid groups (broad SMARTS) is 1. The van der Waals surface area contributed by atoms with Crippen LogP contribution in [0.3, 0.4) is 0 Å². The summed E-state index contributed by atoms with van der Waals surface area (Å²) < 4.78 is 0. The van der Waals surface area contributed by atoms with Gasteiger partial charge in [-0.3, -0.25) is 4.79 Å². The van der Waals surface area contributed by atoms with Gasteiger partial charge in [0.15, 0.2) is 5.69 Å². The summed E-state index contributed by atoms with van der Waals surface area (Å²) in [7, 11) is 0. The first kappa shape index (κ1) is 12.2. The molecule has 0 atom stereocenters. The standard InChI is InChI=1S/C12H13N3O3/c1-8-2-4-15(5-3-8)11(16)9-6-14-10(7-13-9)12(17)18/h6-7H,1-5H2,(H,17,18). The summed E-state index contributed by atoms with van der Waals surface area (Å²) >= 11 is 0. The van der Waals surface area contributed by atoms with E-state index in [1.165, 1.54) is 6.20 Å². The second-order valence-corrected chi connectivity index (χ2v) is 4.13. The molecule has 6 heteroatoms. The van der Waals surface area contributed by atoms with Crippen LogP contribution in [0.1, 0.15) is 33.8 Å². The van der Waals surface area contributed by atoms with Crippen LogP contribution < -0.4 is 0 Å². The number of amides is 1. The van der Waals surface area contributed by atoms with Crippen molar-refractivity contribution < 1.29 is 14.7 Å². The molecule has 6 nitrogen and oxygen atoms in total. The molecular formula is C12H13N3O3. The van der Waals surface area contributed by atoms with Crippen LogP contribution in [-0.4, -0.2) is 44.9 Å². The lowest BCUT2D eigenvalue weighted by atomic mass is 10.1. The Morgan fingerprint density at radius 2 is 1.72 bits per heavy atom. The fourth-order valence-electron chi connectivity index (χ4n) is 1.74. The van der Waals surface area contributed by atoms with Gasteiger partial charge in [-0.1, -0.05) is 12.2 Å². The van der Waals surface area contributed by atoms with Gasteiger partial charge in [-0.25, -0.2) is 14.8 Å². The molecule has 1 saturated heterocycles. The molecule has 1 aromatic heterocycles. The Kier molecular flexibility index (Phi) is 3.36. The number of aromatic carboxylic acids is 1. The fraction of sp³-hybridized carbons (Fsp3) is 0.333. The number of hydrogen-bond acceptors (Lipinski definition) is 4. The highest BCUT2D eigenvalue weighted by Crippen LogP contribution is 2.15. The van der Waals surface area contributed by atoms with E-state index >= 15 is 0 Å². The van der Waals surface area contributed by atoms with Crippen LogP contribution in [0, 0.1) is 0 Å². The number of carboxylic acids is 1. The van der Waals surface area contributed by atoms with Crippen molar-refractivity contribution >= 4 is 11.9 Å². The molecule has 18 heavy (non-hydrogen) atoms. The van der Waals surface area contributed by atoms with Crippen LogP contribution in [0.4, 0.5) is 0 Å². The number of piperidine rings is 1. The van der Waals surface area contributed by atoms with E-state index < -0.39 is 5.97 Å². The second kappa shape index (κ2) is 4.95. The Hall–Kier alpha value is -2.24. The molecule has 0 bridgehead atoms. The van der Waals surface area contributed by atoms with Crippen molar-refractivity contribution in [3.05, 3.63) is 35.9 Å². The van der Waals surface area contributed by atoms with Crippen LogP contribution in [0.15, 0.2) is 24.5 Å². The maximum absolute atomic E-state index is 12.0. The van der Waals surface area contributed by atoms with Crippen molar-refractivity contribution in [2.24, 2.45) is 0 Å². The minimum atomic E-state index is -1.16. The number of likely N-dealkylation sites (tertiary alicyclic amines) is 1. The van der Waals surface area contributed by atoms with Crippen LogP contribution in [0.2, 0.25) is 0 Å². The van der Waals surface area contributed by atoms with Gasteiger partial charge in [0.1, 0.15) is 5.69 Å². The molecule has 2 heterocycles. The SMILES string of the molecule is C=C1CCN(C(=O)c2cnc(C(=O)O)cn2)CC1. The smallest absolute Gasteiger partial charge is 0.356 e. The Bertz CT molecular complexity index is 486. The molecule has 94 valence electrons. The number of nitrogens with zero attached hydrogens (tertiary/aromatic N) is 3. The molecule has 0 unspecified atom stereocenters. The lowest BCUT2D eigenvalue weighted by molar-refractivity contribution is 0.0684. The molecule has 2 rings (SSSR count). The second-order valence-electron chi connectivity index (χ2n) is 4.13. The number of carbonyl (C=O) groups excluding carboxylic acids is 1. The van der Waals surface area contributed by atoms with Gasteiger partial charge >= 0.3 is 5.97 Å². The summed E-state index contributed by atoms with van der Waals surface area (Å²) in [6.07, 6.45) is 3.90. The van der Waals surface area contributed by atoms with Gasteiger partial charge in [-0.2, -0.15) is 0 Å². The van der Waals surface area contributed by atoms with E-state index in [4.69, 9.17) is 5.11 Å². The first-order chi connectivity index (χ1) is 8.58. The van der Waals surface area contributed by atoms with E-state index in [0.29, 0.717) is 13.1 Å². The van der Waals surface area contributed by atoms with Gasteiger partial charge in [0.05, 0.1) is 12.4 Å². The molecule has 1 aliphatic rings. The minimum Gasteiger partial charge on any atom is -0.476 e. The molecule has 1 aromatic rings. The van der Waals surface area contributed by atoms with E-state index in [1.807, 2.05) is 0 Å². The van der Waals surface area contributed by atoms with Crippen LogP contribution in [0.5, 0.6) is 0 Å². The summed E-state index contributed by atoms with van der Waals surface area (Å²) in [6.45, 7) is 5.13. The van der Waals surface area contributed by atoms with Gasteiger partial charge in [0, 0.05) is 13.1 Å². The third-order valence-corrected chi connectivity index (χ3v) is 2.85. The third kappa shape index (κ3) is 2.53. The van der Waals surface area contributed by atoms with Crippen molar-refractivity contribution in [1.82, 2.24) is 14.9 Å². The number of aromatic nitrogens is 2. The monoisotopic (exact) mass is 247 g/mol. The third-order valence-electron chi connectivity index (χ3n) is 2.85. The molecule has 0 aliphatic carbocycles. The molecule has 0 radical (unpaired) electrons. The average Bonchev–Trinajstić information content (AvgIpc) is 2.39. The van der Waals surface area contributed by atoms with Crippen molar-refractivity contribution in [3.63, 3.8) is 0 Å². The Morgan fingerprint density at radius 3 is 2.22 bits per heavy atom. The zero-order valence-corrected chi connectivity index (χ0v) is 9.80. The molecule has 1 aliphatic heterocycles. The van der Waals surface area contributed by atoms with Gasteiger partial charge in [-0.05, 0) is 12.8 Å². The van der Waals surface area contributed by atoms with Crippen molar-refractivity contribution in [1.29, 1.82) is 0 Å². The first-order valence-corrected chi connectivity index (χ1v) is 5.59. The summed E-state index contributed by atoms with van der Waals surface area (Å²) in [5, 5.41) is 8.68. The van der Waals surface area contributed by atoms with Gasteiger partial charge in [-0.15, -0.1) is 0 Å². The largest absolute Gasteiger partial charge is 0.476 e. The minimum absolute atomic E-state index is 0.168. The molecule has 1 N–H and O–H groups in total. The lowest BCUT2D eigenvalue weighted by Gasteiger charge is -2.27. The lowest BCUT2D eigenvalue weighted by Crippen LogP contribution is -2.36.